The molecule has 4 N–H and O–H groups in total. The molecule has 0 aromatic carbocycles. The summed E-state index contributed by atoms with van der Waals surface area (Å²) in [5.74, 6) is 2.51. The predicted octanol–water partition coefficient (Wildman–Crippen LogP) is 5.70. The number of aryl methyl sites for hydroxylation is 1. The number of allylic oxidation sites excluding steroid dienone is 4. The molecular weight excluding hydrogens is 460 g/mol. The average molecular weight is 507 g/mol. The minimum Gasteiger partial charge on any atom is -0.393 e. The van der Waals surface area contributed by atoms with Crippen LogP contribution in [-0.4, -0.2) is 43.6 Å². The molecular formula is C32H46N2O3. The molecule has 0 aliphatic heterocycles. The Balaban J connectivity index is 1.28. The Hall–Kier alpha value is -1.95. The van der Waals surface area contributed by atoms with Gasteiger partial charge < -0.3 is 20.3 Å². The highest BCUT2D eigenvalue weighted by atomic mass is 16.3. The molecule has 1 aromatic heterocycles. The summed E-state index contributed by atoms with van der Waals surface area (Å²) in [5, 5.41) is 31.5. The summed E-state index contributed by atoms with van der Waals surface area (Å²) >= 11 is 0. The van der Waals surface area contributed by atoms with E-state index >= 15 is 0 Å². The van der Waals surface area contributed by atoms with Crippen LogP contribution in [0.5, 0.6) is 0 Å². The van der Waals surface area contributed by atoms with Crippen LogP contribution in [0.15, 0.2) is 53.8 Å². The van der Waals surface area contributed by atoms with Gasteiger partial charge in [0, 0.05) is 18.3 Å². The molecule has 0 amide bonds. The van der Waals surface area contributed by atoms with Crippen LogP contribution in [-0.2, 0) is 11.8 Å². The van der Waals surface area contributed by atoms with Crippen LogP contribution in [0.4, 0.5) is 0 Å². The van der Waals surface area contributed by atoms with Crippen molar-refractivity contribution >= 4 is 0 Å². The van der Waals surface area contributed by atoms with E-state index < -0.39 is 18.3 Å². The zero-order valence-electron chi connectivity index (χ0n) is 22.9. The Kier molecular flexibility index (Phi) is 7.43. The van der Waals surface area contributed by atoms with Gasteiger partial charge in [-0.1, -0.05) is 57.2 Å². The SMILES string of the molecule is C=C1C(=CC=C2CCC[C@]3(C)[C@@H]([C@H](C)C=CC(O)C4(c5ncc(CC)[nH]5)CC4)CC[C@@H]23)CC(O)CC1O. The van der Waals surface area contributed by atoms with Gasteiger partial charge in [-0.3, -0.25) is 0 Å². The fourth-order valence-electron chi connectivity index (χ4n) is 7.81. The smallest absolute Gasteiger partial charge is 0.115 e. The molecule has 0 radical (unpaired) electrons. The van der Waals surface area contributed by atoms with Crippen LogP contribution in [0.1, 0.15) is 90.1 Å². The highest BCUT2D eigenvalue weighted by Gasteiger charge is 2.53. The first-order valence-corrected chi connectivity index (χ1v) is 14.5. The Morgan fingerprint density at radius 2 is 1.97 bits per heavy atom. The maximum atomic E-state index is 11.2. The van der Waals surface area contributed by atoms with Crippen molar-refractivity contribution in [2.75, 3.05) is 0 Å². The fourth-order valence-corrected chi connectivity index (χ4v) is 7.81. The number of aliphatic hydroxyl groups excluding tert-OH is 3. The maximum Gasteiger partial charge on any atom is 0.115 e. The van der Waals surface area contributed by atoms with Crippen molar-refractivity contribution in [2.24, 2.45) is 23.2 Å². The lowest BCUT2D eigenvalue weighted by molar-refractivity contribution is 0.0862. The predicted molar refractivity (Wildman–Crippen MR) is 148 cm³/mol. The van der Waals surface area contributed by atoms with Crippen molar-refractivity contribution in [3.8, 4) is 0 Å². The average Bonchev–Trinajstić information content (AvgIpc) is 3.39. The molecule has 4 saturated carbocycles. The molecule has 4 fully saturated rings. The van der Waals surface area contributed by atoms with Crippen LogP contribution >= 0.6 is 0 Å². The van der Waals surface area contributed by atoms with Gasteiger partial charge in [0.2, 0.25) is 0 Å². The van der Waals surface area contributed by atoms with E-state index in [2.05, 4.69) is 61.6 Å². The van der Waals surface area contributed by atoms with E-state index in [9.17, 15) is 15.3 Å². The molecule has 3 unspecified atom stereocenters. The molecule has 4 aliphatic rings. The topological polar surface area (TPSA) is 89.4 Å². The van der Waals surface area contributed by atoms with Gasteiger partial charge in [-0.2, -0.15) is 0 Å². The van der Waals surface area contributed by atoms with E-state index in [1.807, 2.05) is 6.20 Å². The van der Waals surface area contributed by atoms with E-state index in [1.54, 1.807) is 0 Å². The number of imidazole rings is 1. The minimum atomic E-state index is -0.639. The van der Waals surface area contributed by atoms with Crippen LogP contribution < -0.4 is 0 Å². The molecule has 37 heavy (non-hydrogen) atoms. The van der Waals surface area contributed by atoms with Crippen LogP contribution in [0.25, 0.3) is 0 Å². The first-order valence-electron chi connectivity index (χ1n) is 14.5. The molecule has 5 rings (SSSR count). The van der Waals surface area contributed by atoms with E-state index in [4.69, 9.17) is 0 Å². The van der Waals surface area contributed by atoms with Gasteiger partial charge in [0.25, 0.3) is 0 Å². The number of nitrogens with one attached hydrogen (secondary N) is 1. The zero-order valence-corrected chi connectivity index (χ0v) is 22.9. The number of aromatic amines is 1. The number of hydrogen-bond donors (Lipinski definition) is 4. The lowest BCUT2D eigenvalue weighted by atomic mass is 9.61. The highest BCUT2D eigenvalue weighted by molar-refractivity contribution is 5.38. The van der Waals surface area contributed by atoms with Gasteiger partial charge >= 0.3 is 0 Å². The second kappa shape index (κ2) is 10.3. The second-order valence-corrected chi connectivity index (χ2v) is 12.6. The van der Waals surface area contributed by atoms with Crippen molar-refractivity contribution in [2.45, 2.75) is 109 Å². The van der Waals surface area contributed by atoms with E-state index in [1.165, 1.54) is 31.3 Å². The van der Waals surface area contributed by atoms with E-state index in [0.717, 1.165) is 48.3 Å². The monoisotopic (exact) mass is 506 g/mol. The summed E-state index contributed by atoms with van der Waals surface area (Å²) in [5.41, 5.74) is 4.42. The maximum absolute atomic E-state index is 11.2. The highest BCUT2D eigenvalue weighted by Crippen LogP contribution is 2.59. The third-order valence-electron chi connectivity index (χ3n) is 10.4. The minimum absolute atomic E-state index is 0.232. The molecule has 0 bridgehead atoms. The largest absolute Gasteiger partial charge is 0.393 e. The van der Waals surface area contributed by atoms with Gasteiger partial charge in [0.05, 0.1) is 23.7 Å². The lowest BCUT2D eigenvalue weighted by Crippen LogP contribution is -2.35. The second-order valence-electron chi connectivity index (χ2n) is 12.6. The molecule has 4 aliphatic carbocycles. The number of hydrogen-bond acceptors (Lipinski definition) is 4. The van der Waals surface area contributed by atoms with Crippen molar-refractivity contribution in [1.29, 1.82) is 0 Å². The standard InChI is InChI=1S/C32H46N2O3/c1-5-24-19-33-30(34-24)32(15-16-32)29(37)13-8-20(2)26-11-12-27-22(7-6-14-31(26,27)4)9-10-23-17-25(35)18-28(36)21(23)3/h8-10,13,19-20,25-29,35-37H,3,5-7,11-12,14-18H2,1-2,4H3,(H,33,34)/t20-,25?,26-,27+,28?,29?,31-/m1/s1. The number of nitrogens with zero attached hydrogens (tertiary/aromatic N) is 1. The van der Waals surface area contributed by atoms with Crippen LogP contribution in [0, 0.1) is 23.2 Å². The van der Waals surface area contributed by atoms with Crippen LogP contribution in [0.2, 0.25) is 0 Å². The van der Waals surface area contributed by atoms with Crippen molar-refractivity contribution in [1.82, 2.24) is 9.97 Å². The number of H-pyrrole nitrogens is 1. The summed E-state index contributed by atoms with van der Waals surface area (Å²) in [6.07, 6.45) is 18.9. The molecule has 1 aromatic rings. The normalized spacial score (nSPS) is 37.3. The third kappa shape index (κ3) is 4.95. The zero-order chi connectivity index (χ0) is 26.4. The summed E-state index contributed by atoms with van der Waals surface area (Å²) in [6.45, 7) is 11.0. The fraction of sp³-hybridized carbons (Fsp3) is 0.656. The van der Waals surface area contributed by atoms with Crippen LogP contribution in [0.3, 0.4) is 0 Å². The Morgan fingerprint density at radius 1 is 1.19 bits per heavy atom. The summed E-state index contributed by atoms with van der Waals surface area (Å²) in [6, 6.07) is 0. The summed E-state index contributed by atoms with van der Waals surface area (Å²) in [7, 11) is 0. The van der Waals surface area contributed by atoms with Gasteiger partial charge in [0.1, 0.15) is 5.82 Å². The van der Waals surface area contributed by atoms with Crippen molar-refractivity contribution in [3.05, 3.63) is 65.3 Å². The van der Waals surface area contributed by atoms with E-state index in [-0.39, 0.29) is 10.8 Å². The molecule has 202 valence electrons. The molecule has 0 saturated heterocycles. The third-order valence-corrected chi connectivity index (χ3v) is 10.4. The number of aromatic nitrogens is 2. The Bertz CT molecular complexity index is 1090. The van der Waals surface area contributed by atoms with Gasteiger partial charge in [-0.25, -0.2) is 4.98 Å². The summed E-state index contributed by atoms with van der Waals surface area (Å²) < 4.78 is 0. The number of rotatable bonds is 7. The molecule has 5 nitrogen and oxygen atoms in total. The van der Waals surface area contributed by atoms with Gasteiger partial charge in [-0.15, -0.1) is 0 Å². The Morgan fingerprint density at radius 3 is 2.68 bits per heavy atom. The molecule has 0 spiro atoms. The lowest BCUT2D eigenvalue weighted by Gasteiger charge is -2.44. The van der Waals surface area contributed by atoms with Crippen molar-refractivity contribution < 1.29 is 15.3 Å². The number of aliphatic hydroxyl groups is 3. The Labute approximate surface area is 222 Å². The quantitative estimate of drug-likeness (QED) is 0.357. The number of fused-ring (bicyclic) bond motifs is 1. The van der Waals surface area contributed by atoms with Gasteiger partial charge in [-0.05, 0) is 92.1 Å². The van der Waals surface area contributed by atoms with Crippen molar-refractivity contribution in [3.63, 3.8) is 0 Å². The summed E-state index contributed by atoms with van der Waals surface area (Å²) in [4.78, 5) is 8.02. The first-order chi connectivity index (χ1) is 17.7. The molecule has 5 heteroatoms. The molecule has 1 heterocycles. The van der Waals surface area contributed by atoms with E-state index in [0.29, 0.717) is 30.6 Å². The van der Waals surface area contributed by atoms with Gasteiger partial charge in [0.15, 0.2) is 0 Å². The first kappa shape index (κ1) is 26.6. The molecule has 7 atom stereocenters.